The highest BCUT2D eigenvalue weighted by atomic mass is 16.2. The molecular weight excluding hydrogens is 248 g/mol. The molecule has 0 aliphatic heterocycles. The van der Waals surface area contributed by atoms with E-state index in [1.807, 2.05) is 30.0 Å². The van der Waals surface area contributed by atoms with Crippen LogP contribution in [0.15, 0.2) is 30.3 Å². The Balaban J connectivity index is 2.76. The van der Waals surface area contributed by atoms with Crippen molar-refractivity contribution in [1.82, 2.24) is 4.90 Å². The number of hydrogen-bond donors (Lipinski definition) is 1. The Labute approximate surface area is 123 Å². The van der Waals surface area contributed by atoms with E-state index in [0.29, 0.717) is 13.1 Å². The third kappa shape index (κ3) is 4.97. The van der Waals surface area contributed by atoms with E-state index in [2.05, 4.69) is 26.0 Å². The predicted molar refractivity (Wildman–Crippen MR) is 84.2 cm³/mol. The maximum absolute atomic E-state index is 12.6. The molecule has 0 saturated carbocycles. The van der Waals surface area contributed by atoms with Gasteiger partial charge in [0.2, 0.25) is 5.91 Å². The van der Waals surface area contributed by atoms with Crippen LogP contribution in [0, 0.1) is 5.92 Å². The molecule has 0 heterocycles. The molecule has 3 nitrogen and oxygen atoms in total. The fourth-order valence-corrected chi connectivity index (χ4v) is 2.28. The maximum atomic E-state index is 12.6. The molecular formula is C17H28N2O. The minimum atomic E-state index is 0.0521. The van der Waals surface area contributed by atoms with E-state index < -0.39 is 0 Å². The average molecular weight is 276 g/mol. The normalized spacial score (nSPS) is 13.8. The van der Waals surface area contributed by atoms with Crippen molar-refractivity contribution in [1.29, 1.82) is 0 Å². The van der Waals surface area contributed by atoms with Gasteiger partial charge in [-0.25, -0.2) is 0 Å². The second-order valence-corrected chi connectivity index (χ2v) is 5.54. The van der Waals surface area contributed by atoms with Crippen molar-refractivity contribution in [2.45, 2.75) is 52.6 Å². The van der Waals surface area contributed by atoms with Gasteiger partial charge in [-0.15, -0.1) is 0 Å². The molecule has 0 radical (unpaired) electrons. The van der Waals surface area contributed by atoms with Crippen molar-refractivity contribution in [3.63, 3.8) is 0 Å². The summed E-state index contributed by atoms with van der Waals surface area (Å²) in [6.07, 6.45) is 2.76. The molecule has 1 aromatic carbocycles. The molecule has 1 rings (SSSR count). The molecule has 1 aromatic rings. The quantitative estimate of drug-likeness (QED) is 0.792. The monoisotopic (exact) mass is 276 g/mol. The van der Waals surface area contributed by atoms with Crippen LogP contribution in [0.2, 0.25) is 0 Å². The largest absolute Gasteiger partial charge is 0.335 e. The topological polar surface area (TPSA) is 46.3 Å². The standard InChI is InChI=1S/C17H28N2O/c1-4-15(3)19(13-16-10-6-5-7-11-16)17(20)14(2)9-8-12-18/h5-7,10-11,14-15H,4,8-9,12-13,18H2,1-3H3. The molecule has 0 fully saturated rings. The third-order valence-electron chi connectivity index (χ3n) is 3.86. The van der Waals surface area contributed by atoms with E-state index >= 15 is 0 Å². The number of carbonyl (C=O) groups excluding carboxylic acids is 1. The van der Waals surface area contributed by atoms with Gasteiger partial charge in [0.15, 0.2) is 0 Å². The molecule has 20 heavy (non-hydrogen) atoms. The van der Waals surface area contributed by atoms with Gasteiger partial charge in [0.1, 0.15) is 0 Å². The Hall–Kier alpha value is -1.35. The second-order valence-electron chi connectivity index (χ2n) is 5.54. The van der Waals surface area contributed by atoms with E-state index in [1.54, 1.807) is 0 Å². The van der Waals surface area contributed by atoms with Crippen molar-refractivity contribution >= 4 is 5.91 Å². The summed E-state index contributed by atoms with van der Waals surface area (Å²) in [5.41, 5.74) is 6.72. The predicted octanol–water partition coefficient (Wildman–Crippen LogP) is 3.19. The fourth-order valence-electron chi connectivity index (χ4n) is 2.28. The molecule has 0 aliphatic rings. The summed E-state index contributed by atoms with van der Waals surface area (Å²) in [6, 6.07) is 10.5. The van der Waals surface area contributed by atoms with Crippen molar-refractivity contribution < 1.29 is 4.79 Å². The lowest BCUT2D eigenvalue weighted by Crippen LogP contribution is -2.41. The highest BCUT2D eigenvalue weighted by Gasteiger charge is 2.23. The Morgan fingerprint density at radius 3 is 2.45 bits per heavy atom. The van der Waals surface area contributed by atoms with Gasteiger partial charge in [0.25, 0.3) is 0 Å². The molecule has 2 atom stereocenters. The van der Waals surface area contributed by atoms with Gasteiger partial charge in [-0.2, -0.15) is 0 Å². The number of rotatable bonds is 8. The van der Waals surface area contributed by atoms with Crippen LogP contribution in [0.3, 0.4) is 0 Å². The third-order valence-corrected chi connectivity index (χ3v) is 3.86. The summed E-state index contributed by atoms with van der Waals surface area (Å²) in [4.78, 5) is 14.6. The van der Waals surface area contributed by atoms with Crippen LogP contribution >= 0.6 is 0 Å². The summed E-state index contributed by atoms with van der Waals surface area (Å²) in [5.74, 6) is 0.299. The van der Waals surface area contributed by atoms with Crippen LogP contribution < -0.4 is 5.73 Å². The lowest BCUT2D eigenvalue weighted by Gasteiger charge is -2.31. The highest BCUT2D eigenvalue weighted by Crippen LogP contribution is 2.17. The summed E-state index contributed by atoms with van der Waals surface area (Å²) < 4.78 is 0. The van der Waals surface area contributed by atoms with Gasteiger partial charge in [-0.3, -0.25) is 4.79 Å². The van der Waals surface area contributed by atoms with Crippen LogP contribution in [-0.4, -0.2) is 23.4 Å². The first-order valence-corrected chi connectivity index (χ1v) is 7.64. The van der Waals surface area contributed by atoms with Gasteiger partial charge >= 0.3 is 0 Å². The summed E-state index contributed by atoms with van der Waals surface area (Å²) in [5, 5.41) is 0. The van der Waals surface area contributed by atoms with E-state index in [4.69, 9.17) is 5.73 Å². The second kappa shape index (κ2) is 8.75. The molecule has 0 saturated heterocycles. The van der Waals surface area contributed by atoms with Crippen molar-refractivity contribution in [2.24, 2.45) is 11.7 Å². The summed E-state index contributed by atoms with van der Waals surface area (Å²) in [6.45, 7) is 7.61. The van der Waals surface area contributed by atoms with Crippen molar-refractivity contribution in [3.8, 4) is 0 Å². The summed E-state index contributed by atoms with van der Waals surface area (Å²) in [7, 11) is 0. The van der Waals surface area contributed by atoms with Gasteiger partial charge in [-0.05, 0) is 38.3 Å². The number of carbonyl (C=O) groups is 1. The Bertz CT molecular complexity index is 391. The van der Waals surface area contributed by atoms with E-state index in [-0.39, 0.29) is 17.9 Å². The Kier molecular flexibility index (Phi) is 7.31. The van der Waals surface area contributed by atoms with Gasteiger partial charge in [0, 0.05) is 18.5 Å². The fraction of sp³-hybridized carbons (Fsp3) is 0.588. The van der Waals surface area contributed by atoms with Gasteiger partial charge < -0.3 is 10.6 Å². The number of nitrogens with zero attached hydrogens (tertiary/aromatic N) is 1. The number of hydrogen-bond acceptors (Lipinski definition) is 2. The first-order chi connectivity index (χ1) is 9.60. The molecule has 0 bridgehead atoms. The molecule has 0 aliphatic carbocycles. The van der Waals surface area contributed by atoms with Crippen LogP contribution in [0.5, 0.6) is 0 Å². The van der Waals surface area contributed by atoms with Gasteiger partial charge in [-0.1, -0.05) is 44.2 Å². The Morgan fingerprint density at radius 2 is 1.90 bits per heavy atom. The lowest BCUT2D eigenvalue weighted by molar-refractivity contribution is -0.138. The highest BCUT2D eigenvalue weighted by molar-refractivity contribution is 5.78. The number of benzene rings is 1. The minimum absolute atomic E-state index is 0.0521. The number of amides is 1. The van der Waals surface area contributed by atoms with Crippen molar-refractivity contribution in [3.05, 3.63) is 35.9 Å². The minimum Gasteiger partial charge on any atom is -0.335 e. The molecule has 0 spiro atoms. The molecule has 3 heteroatoms. The van der Waals surface area contributed by atoms with Crippen LogP contribution in [0.25, 0.3) is 0 Å². The summed E-state index contributed by atoms with van der Waals surface area (Å²) >= 11 is 0. The van der Waals surface area contributed by atoms with Crippen LogP contribution in [-0.2, 0) is 11.3 Å². The average Bonchev–Trinajstić information content (AvgIpc) is 2.49. The molecule has 2 unspecified atom stereocenters. The molecule has 0 aromatic heterocycles. The maximum Gasteiger partial charge on any atom is 0.225 e. The Morgan fingerprint density at radius 1 is 1.25 bits per heavy atom. The zero-order chi connectivity index (χ0) is 15.0. The number of nitrogens with two attached hydrogens (primary N) is 1. The van der Waals surface area contributed by atoms with Crippen LogP contribution in [0.4, 0.5) is 0 Å². The zero-order valence-electron chi connectivity index (χ0n) is 13.0. The zero-order valence-corrected chi connectivity index (χ0v) is 13.0. The lowest BCUT2D eigenvalue weighted by atomic mass is 10.0. The molecule has 112 valence electrons. The van der Waals surface area contributed by atoms with Crippen molar-refractivity contribution in [2.75, 3.05) is 6.54 Å². The molecule has 1 amide bonds. The molecule has 2 N–H and O–H groups in total. The van der Waals surface area contributed by atoms with Crippen LogP contribution in [0.1, 0.15) is 45.6 Å². The van der Waals surface area contributed by atoms with E-state index in [1.165, 1.54) is 5.56 Å². The SMILES string of the molecule is CCC(C)N(Cc1ccccc1)C(=O)C(C)CCCN. The smallest absolute Gasteiger partial charge is 0.225 e. The first-order valence-electron chi connectivity index (χ1n) is 7.64. The van der Waals surface area contributed by atoms with Gasteiger partial charge in [0.05, 0.1) is 0 Å². The van der Waals surface area contributed by atoms with E-state index in [9.17, 15) is 4.79 Å². The van der Waals surface area contributed by atoms with E-state index in [0.717, 1.165) is 19.3 Å². The first kappa shape index (κ1) is 16.7.